The van der Waals surface area contributed by atoms with Crippen LogP contribution in [0.2, 0.25) is 5.02 Å². The molecule has 84 valence electrons. The summed E-state index contributed by atoms with van der Waals surface area (Å²) >= 11 is 5.85. The van der Waals surface area contributed by atoms with Gasteiger partial charge in [0.25, 0.3) is 0 Å². The van der Waals surface area contributed by atoms with Crippen LogP contribution < -0.4 is 5.32 Å². The molecule has 0 saturated heterocycles. The third-order valence-electron chi connectivity index (χ3n) is 2.32. The Morgan fingerprint density at radius 3 is 2.53 bits per heavy atom. The topological polar surface area (TPSA) is 21.3 Å². The standard InChI is InChI=1S/C12H18ClNO/c1-3-15-9-11(8-14-2)10-4-6-12(13)7-5-10/h4-7,11,14H,3,8-9H2,1-2H3. The second-order valence-corrected chi connectivity index (χ2v) is 3.90. The SMILES string of the molecule is CCOCC(CNC)c1ccc(Cl)cc1. The molecule has 0 fully saturated rings. The molecule has 1 aromatic carbocycles. The first-order valence-electron chi connectivity index (χ1n) is 5.25. The van der Waals surface area contributed by atoms with E-state index in [1.807, 2.05) is 26.1 Å². The first-order valence-corrected chi connectivity index (χ1v) is 5.63. The molecule has 0 heterocycles. The highest BCUT2D eigenvalue weighted by Crippen LogP contribution is 2.18. The zero-order valence-electron chi connectivity index (χ0n) is 9.29. The molecule has 0 amide bonds. The van der Waals surface area contributed by atoms with Crippen molar-refractivity contribution in [1.82, 2.24) is 5.32 Å². The van der Waals surface area contributed by atoms with Crippen LogP contribution in [-0.2, 0) is 4.74 Å². The fraction of sp³-hybridized carbons (Fsp3) is 0.500. The van der Waals surface area contributed by atoms with Gasteiger partial charge in [-0.05, 0) is 31.7 Å². The lowest BCUT2D eigenvalue weighted by molar-refractivity contribution is 0.132. The number of ether oxygens (including phenoxy) is 1. The summed E-state index contributed by atoms with van der Waals surface area (Å²) in [6.45, 7) is 4.44. The maximum Gasteiger partial charge on any atom is 0.0546 e. The van der Waals surface area contributed by atoms with Gasteiger partial charge in [-0.25, -0.2) is 0 Å². The number of nitrogens with one attached hydrogen (secondary N) is 1. The van der Waals surface area contributed by atoms with Gasteiger partial charge >= 0.3 is 0 Å². The van der Waals surface area contributed by atoms with E-state index in [4.69, 9.17) is 16.3 Å². The van der Waals surface area contributed by atoms with Gasteiger partial charge in [0.15, 0.2) is 0 Å². The van der Waals surface area contributed by atoms with Crippen LogP contribution in [0.25, 0.3) is 0 Å². The lowest BCUT2D eigenvalue weighted by Gasteiger charge is -2.16. The number of benzene rings is 1. The smallest absolute Gasteiger partial charge is 0.0546 e. The van der Waals surface area contributed by atoms with Gasteiger partial charge in [0.05, 0.1) is 6.61 Å². The van der Waals surface area contributed by atoms with E-state index in [1.54, 1.807) is 0 Å². The Labute approximate surface area is 96.6 Å². The molecule has 0 aromatic heterocycles. The van der Waals surface area contributed by atoms with Gasteiger partial charge in [0.2, 0.25) is 0 Å². The van der Waals surface area contributed by atoms with Crippen LogP contribution in [-0.4, -0.2) is 26.8 Å². The lowest BCUT2D eigenvalue weighted by Crippen LogP contribution is -2.21. The van der Waals surface area contributed by atoms with Gasteiger partial charge < -0.3 is 10.1 Å². The largest absolute Gasteiger partial charge is 0.381 e. The average molecular weight is 228 g/mol. The molecule has 0 aliphatic rings. The highest BCUT2D eigenvalue weighted by molar-refractivity contribution is 6.30. The van der Waals surface area contributed by atoms with E-state index in [9.17, 15) is 0 Å². The average Bonchev–Trinajstić information content (AvgIpc) is 2.25. The van der Waals surface area contributed by atoms with Crippen LogP contribution in [0.4, 0.5) is 0 Å². The van der Waals surface area contributed by atoms with Crippen molar-refractivity contribution in [3.8, 4) is 0 Å². The van der Waals surface area contributed by atoms with Crippen LogP contribution in [0.5, 0.6) is 0 Å². The van der Waals surface area contributed by atoms with E-state index in [0.29, 0.717) is 5.92 Å². The summed E-state index contributed by atoms with van der Waals surface area (Å²) in [5.41, 5.74) is 1.27. The molecule has 1 atom stereocenters. The quantitative estimate of drug-likeness (QED) is 0.807. The second kappa shape index (κ2) is 6.83. The van der Waals surface area contributed by atoms with Crippen LogP contribution >= 0.6 is 11.6 Å². The summed E-state index contributed by atoms with van der Waals surface area (Å²) in [6.07, 6.45) is 0. The Bertz CT molecular complexity index is 273. The summed E-state index contributed by atoms with van der Waals surface area (Å²) in [6, 6.07) is 7.96. The van der Waals surface area contributed by atoms with Crippen LogP contribution in [0, 0.1) is 0 Å². The molecule has 3 heteroatoms. The Kier molecular flexibility index (Phi) is 5.69. The predicted molar refractivity (Wildman–Crippen MR) is 64.6 cm³/mol. The summed E-state index contributed by atoms with van der Waals surface area (Å²) in [5, 5.41) is 3.95. The molecule has 0 spiro atoms. The minimum atomic E-state index is 0.396. The van der Waals surface area contributed by atoms with Crippen molar-refractivity contribution in [3.05, 3.63) is 34.9 Å². The third kappa shape index (κ3) is 4.20. The Morgan fingerprint density at radius 1 is 1.33 bits per heavy atom. The van der Waals surface area contributed by atoms with Gasteiger partial charge in [0.1, 0.15) is 0 Å². The van der Waals surface area contributed by atoms with Crippen molar-refractivity contribution < 1.29 is 4.74 Å². The van der Waals surface area contributed by atoms with Gasteiger partial charge in [-0.1, -0.05) is 23.7 Å². The molecule has 1 rings (SSSR count). The van der Waals surface area contributed by atoms with Gasteiger partial charge in [-0.2, -0.15) is 0 Å². The Morgan fingerprint density at radius 2 is 2.00 bits per heavy atom. The van der Waals surface area contributed by atoms with E-state index >= 15 is 0 Å². The third-order valence-corrected chi connectivity index (χ3v) is 2.57. The monoisotopic (exact) mass is 227 g/mol. The van der Waals surface area contributed by atoms with Crippen LogP contribution in [0.15, 0.2) is 24.3 Å². The first-order chi connectivity index (χ1) is 7.27. The molecular weight excluding hydrogens is 210 g/mol. The molecule has 15 heavy (non-hydrogen) atoms. The normalized spacial score (nSPS) is 12.7. The molecule has 0 saturated carbocycles. The molecule has 1 N–H and O–H groups in total. The van der Waals surface area contributed by atoms with Crippen LogP contribution in [0.3, 0.4) is 0 Å². The molecule has 0 radical (unpaired) electrons. The first kappa shape index (κ1) is 12.5. The summed E-state index contributed by atoms with van der Waals surface area (Å²) in [7, 11) is 1.95. The second-order valence-electron chi connectivity index (χ2n) is 3.47. The number of halogens is 1. The fourth-order valence-electron chi connectivity index (χ4n) is 1.51. The number of rotatable bonds is 6. The van der Waals surface area contributed by atoms with E-state index in [0.717, 1.165) is 24.8 Å². The number of hydrogen-bond donors (Lipinski definition) is 1. The molecule has 2 nitrogen and oxygen atoms in total. The molecule has 1 aromatic rings. The minimum Gasteiger partial charge on any atom is -0.381 e. The van der Waals surface area contributed by atoms with Crippen molar-refractivity contribution in [2.75, 3.05) is 26.8 Å². The van der Waals surface area contributed by atoms with E-state index in [-0.39, 0.29) is 0 Å². The maximum absolute atomic E-state index is 5.85. The van der Waals surface area contributed by atoms with E-state index in [2.05, 4.69) is 17.4 Å². The van der Waals surface area contributed by atoms with Crippen molar-refractivity contribution >= 4 is 11.6 Å². The van der Waals surface area contributed by atoms with Gasteiger partial charge in [-0.15, -0.1) is 0 Å². The highest BCUT2D eigenvalue weighted by atomic mass is 35.5. The lowest BCUT2D eigenvalue weighted by atomic mass is 10.0. The molecular formula is C12H18ClNO. The molecule has 0 aliphatic carbocycles. The van der Waals surface area contributed by atoms with Crippen LogP contribution in [0.1, 0.15) is 18.4 Å². The van der Waals surface area contributed by atoms with E-state index in [1.165, 1.54) is 5.56 Å². The fourth-order valence-corrected chi connectivity index (χ4v) is 1.64. The van der Waals surface area contributed by atoms with Crippen molar-refractivity contribution in [2.45, 2.75) is 12.8 Å². The Hall–Kier alpha value is -0.570. The number of hydrogen-bond acceptors (Lipinski definition) is 2. The zero-order chi connectivity index (χ0) is 11.1. The van der Waals surface area contributed by atoms with Gasteiger partial charge in [-0.3, -0.25) is 0 Å². The molecule has 0 bridgehead atoms. The zero-order valence-corrected chi connectivity index (χ0v) is 10.1. The Balaban J connectivity index is 2.65. The van der Waals surface area contributed by atoms with Crippen molar-refractivity contribution in [3.63, 3.8) is 0 Å². The van der Waals surface area contributed by atoms with Crippen molar-refractivity contribution in [2.24, 2.45) is 0 Å². The summed E-state index contributed by atoms with van der Waals surface area (Å²) in [5.74, 6) is 0.396. The van der Waals surface area contributed by atoms with E-state index < -0.39 is 0 Å². The molecule has 0 aliphatic heterocycles. The molecule has 1 unspecified atom stereocenters. The number of likely N-dealkylation sites (N-methyl/N-ethyl adjacent to an activating group) is 1. The summed E-state index contributed by atoms with van der Waals surface area (Å²) in [4.78, 5) is 0. The predicted octanol–water partition coefficient (Wildman–Crippen LogP) is 2.68. The summed E-state index contributed by atoms with van der Waals surface area (Å²) < 4.78 is 5.46. The highest BCUT2D eigenvalue weighted by Gasteiger charge is 2.10. The van der Waals surface area contributed by atoms with Crippen molar-refractivity contribution in [1.29, 1.82) is 0 Å². The maximum atomic E-state index is 5.85. The minimum absolute atomic E-state index is 0.396. The van der Waals surface area contributed by atoms with Gasteiger partial charge in [0, 0.05) is 24.1 Å².